The number of pyridine rings is 1. The molecule has 1 aromatic heterocycles. The predicted molar refractivity (Wildman–Crippen MR) is 66.9 cm³/mol. The molecule has 0 atom stereocenters. The molecule has 2 aromatic rings. The van der Waals surface area contributed by atoms with Gasteiger partial charge in [-0.1, -0.05) is 6.92 Å². The van der Waals surface area contributed by atoms with Crippen LogP contribution in [0.5, 0.6) is 0 Å². The molecule has 0 aliphatic rings. The van der Waals surface area contributed by atoms with E-state index < -0.39 is 4.92 Å². The number of hydrogen-bond donors (Lipinski definition) is 1. The first-order chi connectivity index (χ1) is 8.02. The van der Waals surface area contributed by atoms with Crippen molar-refractivity contribution in [2.75, 3.05) is 5.73 Å². The molecule has 2 rings (SSSR count). The molecule has 5 heteroatoms. The third-order valence-corrected chi connectivity index (χ3v) is 2.80. The summed E-state index contributed by atoms with van der Waals surface area (Å²) >= 11 is 0. The number of non-ortho nitro benzene ring substituents is 1. The quantitative estimate of drug-likeness (QED) is 0.636. The maximum Gasteiger partial charge on any atom is 0.270 e. The molecule has 0 fully saturated rings. The maximum atomic E-state index is 10.8. The lowest BCUT2D eigenvalue weighted by Crippen LogP contribution is -1.99. The lowest BCUT2D eigenvalue weighted by atomic mass is 10.1. The van der Waals surface area contributed by atoms with E-state index in [4.69, 9.17) is 5.73 Å². The highest BCUT2D eigenvalue weighted by Gasteiger charge is 2.11. The van der Waals surface area contributed by atoms with Crippen molar-refractivity contribution in [3.8, 4) is 0 Å². The Hall–Kier alpha value is -2.17. The molecule has 2 N–H and O–H groups in total. The Morgan fingerprint density at radius 2 is 2.12 bits per heavy atom. The SMILES string of the molecule is CCc1cc2cc([N+](=O)[O-])cc(C)c2nc1N. The highest BCUT2D eigenvalue weighted by molar-refractivity contribution is 5.86. The Kier molecular flexibility index (Phi) is 2.67. The molecule has 1 heterocycles. The van der Waals surface area contributed by atoms with E-state index in [-0.39, 0.29) is 5.69 Å². The van der Waals surface area contributed by atoms with Crippen LogP contribution < -0.4 is 5.73 Å². The molecule has 5 nitrogen and oxygen atoms in total. The number of fused-ring (bicyclic) bond motifs is 1. The minimum absolute atomic E-state index is 0.0867. The fourth-order valence-electron chi connectivity index (χ4n) is 1.89. The van der Waals surface area contributed by atoms with Gasteiger partial charge in [-0.25, -0.2) is 4.98 Å². The first-order valence-electron chi connectivity index (χ1n) is 5.37. The van der Waals surface area contributed by atoms with Crippen molar-refractivity contribution in [1.82, 2.24) is 4.98 Å². The van der Waals surface area contributed by atoms with Gasteiger partial charge in [0.15, 0.2) is 0 Å². The van der Waals surface area contributed by atoms with Gasteiger partial charge in [0.2, 0.25) is 0 Å². The van der Waals surface area contributed by atoms with Crippen LogP contribution in [0.2, 0.25) is 0 Å². The number of nitro groups is 1. The molecule has 0 saturated carbocycles. The van der Waals surface area contributed by atoms with E-state index in [1.807, 2.05) is 13.0 Å². The standard InChI is InChI=1S/C12H13N3O2/c1-3-8-5-9-6-10(15(16)17)4-7(2)11(9)14-12(8)13/h4-6H,3H2,1-2H3,(H2,13,14). The van der Waals surface area contributed by atoms with Crippen LogP contribution in [0.4, 0.5) is 11.5 Å². The van der Waals surface area contributed by atoms with Crippen molar-refractivity contribution in [1.29, 1.82) is 0 Å². The molecule has 1 aromatic carbocycles. The summed E-state index contributed by atoms with van der Waals surface area (Å²) in [5.74, 6) is 0.497. The summed E-state index contributed by atoms with van der Waals surface area (Å²) in [4.78, 5) is 14.7. The monoisotopic (exact) mass is 231 g/mol. The van der Waals surface area contributed by atoms with Gasteiger partial charge in [-0.2, -0.15) is 0 Å². The van der Waals surface area contributed by atoms with Crippen molar-refractivity contribution >= 4 is 22.4 Å². The molecule has 0 saturated heterocycles. The number of nitrogens with two attached hydrogens (primary N) is 1. The van der Waals surface area contributed by atoms with Gasteiger partial charge in [-0.3, -0.25) is 10.1 Å². The van der Waals surface area contributed by atoms with Crippen LogP contribution in [0.1, 0.15) is 18.1 Å². The molecular formula is C12H13N3O2. The van der Waals surface area contributed by atoms with Crippen molar-refractivity contribution in [3.05, 3.63) is 39.4 Å². The van der Waals surface area contributed by atoms with Gasteiger partial charge in [0.1, 0.15) is 5.82 Å². The van der Waals surface area contributed by atoms with Crippen LogP contribution in [0.3, 0.4) is 0 Å². The Bertz CT molecular complexity index is 608. The molecule has 0 radical (unpaired) electrons. The first-order valence-corrected chi connectivity index (χ1v) is 5.37. The molecule has 0 amide bonds. The van der Waals surface area contributed by atoms with Crippen LogP contribution in [0.25, 0.3) is 10.9 Å². The van der Waals surface area contributed by atoms with Crippen molar-refractivity contribution in [2.24, 2.45) is 0 Å². The lowest BCUT2D eigenvalue weighted by Gasteiger charge is -2.07. The molecule has 0 aliphatic carbocycles. The molecule has 0 spiro atoms. The van der Waals surface area contributed by atoms with Crippen molar-refractivity contribution in [2.45, 2.75) is 20.3 Å². The summed E-state index contributed by atoms with van der Waals surface area (Å²) in [6.45, 7) is 3.77. The summed E-state index contributed by atoms with van der Waals surface area (Å²) < 4.78 is 0. The molecule has 17 heavy (non-hydrogen) atoms. The second-order valence-electron chi connectivity index (χ2n) is 3.98. The summed E-state index contributed by atoms with van der Waals surface area (Å²) in [6, 6.07) is 4.92. The summed E-state index contributed by atoms with van der Waals surface area (Å²) in [5, 5.41) is 11.5. The molecule has 0 unspecified atom stereocenters. The van der Waals surface area contributed by atoms with E-state index in [2.05, 4.69) is 4.98 Å². The van der Waals surface area contributed by atoms with E-state index in [9.17, 15) is 10.1 Å². The fourth-order valence-corrected chi connectivity index (χ4v) is 1.89. The first kappa shape index (κ1) is 11.3. The number of benzene rings is 1. The van der Waals surface area contributed by atoms with E-state index in [1.165, 1.54) is 12.1 Å². The van der Waals surface area contributed by atoms with Crippen LogP contribution in [-0.2, 0) is 6.42 Å². The van der Waals surface area contributed by atoms with Gasteiger partial charge in [0, 0.05) is 17.5 Å². The Morgan fingerprint density at radius 1 is 1.41 bits per heavy atom. The lowest BCUT2D eigenvalue weighted by molar-refractivity contribution is -0.384. The van der Waals surface area contributed by atoms with Crippen LogP contribution >= 0.6 is 0 Å². The van der Waals surface area contributed by atoms with E-state index in [0.29, 0.717) is 5.82 Å². The number of anilines is 1. The third kappa shape index (κ3) is 1.91. The Balaban J connectivity index is 2.78. The third-order valence-electron chi connectivity index (χ3n) is 2.80. The summed E-state index contributed by atoms with van der Waals surface area (Å²) in [7, 11) is 0. The zero-order valence-corrected chi connectivity index (χ0v) is 9.73. The normalized spacial score (nSPS) is 10.7. The zero-order valence-electron chi connectivity index (χ0n) is 9.73. The fraction of sp³-hybridized carbons (Fsp3) is 0.250. The van der Waals surface area contributed by atoms with Crippen molar-refractivity contribution in [3.63, 3.8) is 0 Å². The summed E-state index contributed by atoms with van der Waals surface area (Å²) in [5.41, 5.74) is 8.31. The highest BCUT2D eigenvalue weighted by atomic mass is 16.6. The Labute approximate surface area is 98.4 Å². The number of nitrogen functional groups attached to an aromatic ring is 1. The highest BCUT2D eigenvalue weighted by Crippen LogP contribution is 2.26. The molecular weight excluding hydrogens is 218 g/mol. The minimum atomic E-state index is -0.394. The second kappa shape index (κ2) is 4.01. The van der Waals surface area contributed by atoms with Gasteiger partial charge in [-0.05, 0) is 30.5 Å². The average Bonchev–Trinajstić information content (AvgIpc) is 2.29. The largest absolute Gasteiger partial charge is 0.383 e. The van der Waals surface area contributed by atoms with Crippen LogP contribution in [0, 0.1) is 17.0 Å². The van der Waals surface area contributed by atoms with Crippen LogP contribution in [-0.4, -0.2) is 9.91 Å². The van der Waals surface area contributed by atoms with E-state index in [1.54, 1.807) is 6.92 Å². The second-order valence-corrected chi connectivity index (χ2v) is 3.98. The molecule has 88 valence electrons. The van der Waals surface area contributed by atoms with Gasteiger partial charge in [0.05, 0.1) is 10.4 Å². The minimum Gasteiger partial charge on any atom is -0.383 e. The maximum absolute atomic E-state index is 10.8. The van der Waals surface area contributed by atoms with Gasteiger partial charge >= 0.3 is 0 Å². The molecule has 0 aliphatic heterocycles. The number of rotatable bonds is 2. The van der Waals surface area contributed by atoms with E-state index in [0.717, 1.165) is 28.5 Å². The van der Waals surface area contributed by atoms with Crippen LogP contribution in [0.15, 0.2) is 18.2 Å². The number of aryl methyl sites for hydroxylation is 2. The smallest absolute Gasteiger partial charge is 0.270 e. The topological polar surface area (TPSA) is 82.0 Å². The number of nitro benzene ring substituents is 1. The summed E-state index contributed by atoms with van der Waals surface area (Å²) in [6.07, 6.45) is 0.760. The van der Waals surface area contributed by atoms with Gasteiger partial charge in [-0.15, -0.1) is 0 Å². The Morgan fingerprint density at radius 3 is 2.71 bits per heavy atom. The predicted octanol–water partition coefficient (Wildman–Crippen LogP) is 2.60. The zero-order chi connectivity index (χ0) is 12.6. The number of aromatic nitrogens is 1. The number of nitrogens with zero attached hydrogens (tertiary/aromatic N) is 2. The van der Waals surface area contributed by atoms with Gasteiger partial charge in [0.25, 0.3) is 5.69 Å². The number of hydrogen-bond acceptors (Lipinski definition) is 4. The van der Waals surface area contributed by atoms with Gasteiger partial charge < -0.3 is 5.73 Å². The van der Waals surface area contributed by atoms with Crippen molar-refractivity contribution < 1.29 is 4.92 Å². The molecule has 0 bridgehead atoms. The average molecular weight is 231 g/mol. The van der Waals surface area contributed by atoms with E-state index >= 15 is 0 Å².